The number of allylic oxidation sites excluding steroid dienone is 2. The van der Waals surface area contributed by atoms with Gasteiger partial charge >= 0.3 is 0 Å². The van der Waals surface area contributed by atoms with Gasteiger partial charge in [0.05, 0.1) is 12.2 Å². The molecule has 0 amide bonds. The van der Waals surface area contributed by atoms with E-state index >= 15 is 0 Å². The molecule has 0 aromatic heterocycles. The number of aliphatic hydroxyl groups excluding tert-OH is 2. The fourth-order valence-corrected chi connectivity index (χ4v) is 5.44. The van der Waals surface area contributed by atoms with E-state index < -0.39 is 12.2 Å². The average molecular weight is 413 g/mol. The van der Waals surface area contributed by atoms with Gasteiger partial charge in [0.1, 0.15) is 12.1 Å². The van der Waals surface area contributed by atoms with E-state index in [9.17, 15) is 19.8 Å². The van der Waals surface area contributed by atoms with Gasteiger partial charge in [-0.1, -0.05) is 56.2 Å². The Morgan fingerprint density at radius 2 is 2.03 bits per heavy atom. The largest absolute Gasteiger partial charge is 0.392 e. The molecular formula is C26H36O4. The number of unbranched alkanes of at least 4 members (excludes halogenated alkanes) is 2. The number of benzene rings is 1. The summed E-state index contributed by atoms with van der Waals surface area (Å²) in [6, 6.07) is 7.94. The first kappa shape index (κ1) is 22.9. The first-order valence-electron chi connectivity index (χ1n) is 11.6. The Morgan fingerprint density at radius 1 is 1.23 bits per heavy atom. The Morgan fingerprint density at radius 3 is 2.70 bits per heavy atom. The van der Waals surface area contributed by atoms with Crippen molar-refractivity contribution in [1.29, 1.82) is 0 Å². The van der Waals surface area contributed by atoms with Crippen molar-refractivity contribution >= 4 is 12.1 Å². The van der Waals surface area contributed by atoms with Gasteiger partial charge in [-0.25, -0.2) is 0 Å². The van der Waals surface area contributed by atoms with E-state index in [1.165, 1.54) is 6.42 Å². The van der Waals surface area contributed by atoms with Gasteiger partial charge in [-0.05, 0) is 49.7 Å². The Kier molecular flexibility index (Phi) is 8.01. The molecule has 0 radical (unpaired) electrons. The van der Waals surface area contributed by atoms with Crippen molar-refractivity contribution in [3.05, 3.63) is 47.5 Å². The highest BCUT2D eigenvalue weighted by Crippen LogP contribution is 2.53. The van der Waals surface area contributed by atoms with E-state index in [-0.39, 0.29) is 29.5 Å². The van der Waals surface area contributed by atoms with Gasteiger partial charge in [0.25, 0.3) is 0 Å². The minimum atomic E-state index is -0.674. The zero-order valence-corrected chi connectivity index (χ0v) is 18.1. The Hall–Kier alpha value is -1.78. The molecule has 4 atom stereocenters. The van der Waals surface area contributed by atoms with Crippen LogP contribution < -0.4 is 0 Å². The molecule has 2 unspecified atom stereocenters. The van der Waals surface area contributed by atoms with Gasteiger partial charge in [0, 0.05) is 30.1 Å². The van der Waals surface area contributed by atoms with Crippen molar-refractivity contribution < 1.29 is 19.8 Å². The van der Waals surface area contributed by atoms with E-state index in [4.69, 9.17) is 0 Å². The number of aliphatic hydroxyl groups is 2. The van der Waals surface area contributed by atoms with Gasteiger partial charge < -0.3 is 15.0 Å². The Labute approximate surface area is 180 Å². The molecule has 4 heteroatoms. The first-order chi connectivity index (χ1) is 14.5. The van der Waals surface area contributed by atoms with Crippen LogP contribution in [0.5, 0.6) is 0 Å². The van der Waals surface area contributed by atoms with Crippen LogP contribution in [0.2, 0.25) is 0 Å². The molecule has 2 fully saturated rings. The fraction of sp³-hybridized carbons (Fsp3) is 0.615. The maximum Gasteiger partial charge on any atom is 0.139 e. The van der Waals surface area contributed by atoms with Crippen molar-refractivity contribution in [3.8, 4) is 0 Å². The predicted octanol–water partition coefficient (Wildman–Crippen LogP) is 5.04. The number of ketones is 1. The van der Waals surface area contributed by atoms with Crippen molar-refractivity contribution in [2.45, 2.75) is 89.3 Å². The third-order valence-corrected chi connectivity index (χ3v) is 7.21. The van der Waals surface area contributed by atoms with E-state index in [2.05, 4.69) is 6.92 Å². The molecule has 3 rings (SSSR count). The number of hydrogen-bond donors (Lipinski definition) is 2. The minimum absolute atomic E-state index is 0.0128. The van der Waals surface area contributed by atoms with E-state index in [0.29, 0.717) is 12.8 Å². The fourth-order valence-electron chi connectivity index (χ4n) is 5.44. The molecule has 2 saturated carbocycles. The molecule has 2 aliphatic rings. The van der Waals surface area contributed by atoms with Crippen molar-refractivity contribution in [2.24, 2.45) is 11.3 Å². The Balaban J connectivity index is 1.75. The molecular weight excluding hydrogens is 376 g/mol. The highest BCUT2D eigenvalue weighted by Gasteiger charge is 2.44. The third kappa shape index (κ3) is 4.92. The molecule has 1 aromatic carbocycles. The molecule has 1 aromatic rings. The van der Waals surface area contributed by atoms with Crippen LogP contribution in [-0.4, -0.2) is 28.4 Å². The summed E-state index contributed by atoms with van der Waals surface area (Å²) in [5.41, 5.74) is 1.85. The average Bonchev–Trinajstić information content (AvgIpc) is 3.00. The Bertz CT molecular complexity index is 749. The van der Waals surface area contributed by atoms with Crippen LogP contribution >= 0.6 is 0 Å². The minimum Gasteiger partial charge on any atom is -0.392 e. The van der Waals surface area contributed by atoms with E-state index in [1.54, 1.807) is 0 Å². The lowest BCUT2D eigenvalue weighted by atomic mass is 9.61. The standard InChI is InChI=1S/C26H36O4/c1-2-13-26(14-9-15-26)25(30)20-11-8-10-19(17-20)24-21(22(28)18-23(24)29)12-6-4-3-5-7-16-27/h4,6,8,10-11,16-17,21,23-25,29-30H,2-3,5,7,9,12-15,18H2,1H3/b6-4-/t21-,23+,24?,25?/m0/s1. The van der Waals surface area contributed by atoms with Crippen LogP contribution in [0, 0.1) is 11.3 Å². The van der Waals surface area contributed by atoms with Gasteiger partial charge in [-0.2, -0.15) is 0 Å². The molecule has 2 aliphatic carbocycles. The second-order valence-corrected chi connectivity index (χ2v) is 9.21. The summed E-state index contributed by atoms with van der Waals surface area (Å²) in [4.78, 5) is 23.0. The number of rotatable bonds is 11. The predicted molar refractivity (Wildman–Crippen MR) is 118 cm³/mol. The van der Waals surface area contributed by atoms with Crippen molar-refractivity contribution in [2.75, 3.05) is 0 Å². The summed E-state index contributed by atoms with van der Waals surface area (Å²) < 4.78 is 0. The summed E-state index contributed by atoms with van der Waals surface area (Å²) in [6.45, 7) is 2.17. The number of carbonyl (C=O) groups is 2. The lowest BCUT2D eigenvalue weighted by Gasteiger charge is -2.46. The first-order valence-corrected chi connectivity index (χ1v) is 11.6. The molecule has 2 N–H and O–H groups in total. The van der Waals surface area contributed by atoms with Crippen molar-refractivity contribution in [1.82, 2.24) is 0 Å². The highest BCUT2D eigenvalue weighted by molar-refractivity contribution is 5.85. The smallest absolute Gasteiger partial charge is 0.139 e. The van der Waals surface area contributed by atoms with Crippen LogP contribution in [0.25, 0.3) is 0 Å². The second kappa shape index (κ2) is 10.5. The summed E-state index contributed by atoms with van der Waals surface area (Å²) in [6.07, 6.45) is 12.2. The van der Waals surface area contributed by atoms with Crippen LogP contribution in [0.1, 0.15) is 94.3 Å². The lowest BCUT2D eigenvalue weighted by molar-refractivity contribution is -0.121. The number of hydrogen-bond acceptors (Lipinski definition) is 4. The van der Waals surface area contributed by atoms with Gasteiger partial charge in [-0.3, -0.25) is 4.79 Å². The molecule has 0 heterocycles. The van der Waals surface area contributed by atoms with Crippen LogP contribution in [-0.2, 0) is 9.59 Å². The van der Waals surface area contributed by atoms with Gasteiger partial charge in [0.2, 0.25) is 0 Å². The number of aldehydes is 1. The highest BCUT2D eigenvalue weighted by atomic mass is 16.3. The van der Waals surface area contributed by atoms with Crippen LogP contribution in [0.4, 0.5) is 0 Å². The van der Waals surface area contributed by atoms with E-state index in [1.807, 2.05) is 36.4 Å². The summed E-state index contributed by atoms with van der Waals surface area (Å²) in [5.74, 6) is -0.353. The second-order valence-electron chi connectivity index (χ2n) is 9.21. The lowest BCUT2D eigenvalue weighted by Crippen LogP contribution is -2.36. The molecule has 0 spiro atoms. The SMILES string of the molecule is CCCC1(C(O)c2cccc(C3[C@H](O)CC(=O)[C@@H]3C/C=C\CCCC=O)c2)CCC1. The topological polar surface area (TPSA) is 74.6 Å². The molecule has 4 nitrogen and oxygen atoms in total. The normalized spacial score (nSPS) is 26.6. The molecule has 164 valence electrons. The maximum atomic E-state index is 12.6. The van der Waals surface area contributed by atoms with E-state index in [0.717, 1.165) is 55.9 Å². The summed E-state index contributed by atoms with van der Waals surface area (Å²) in [5, 5.41) is 21.8. The van der Waals surface area contributed by atoms with Crippen LogP contribution in [0.3, 0.4) is 0 Å². The van der Waals surface area contributed by atoms with Gasteiger partial charge in [0.15, 0.2) is 0 Å². The van der Waals surface area contributed by atoms with Crippen LogP contribution in [0.15, 0.2) is 36.4 Å². The number of carbonyl (C=O) groups excluding carboxylic acids is 2. The molecule has 0 aliphatic heterocycles. The molecule has 30 heavy (non-hydrogen) atoms. The van der Waals surface area contributed by atoms with Crippen molar-refractivity contribution in [3.63, 3.8) is 0 Å². The van der Waals surface area contributed by atoms with Gasteiger partial charge in [-0.15, -0.1) is 0 Å². The zero-order valence-electron chi connectivity index (χ0n) is 18.1. The summed E-state index contributed by atoms with van der Waals surface area (Å²) in [7, 11) is 0. The third-order valence-electron chi connectivity index (χ3n) is 7.21. The maximum absolute atomic E-state index is 12.6. The zero-order chi connectivity index (χ0) is 21.6. The molecule has 0 saturated heterocycles. The summed E-state index contributed by atoms with van der Waals surface area (Å²) >= 11 is 0. The number of Topliss-reactive ketones (excluding diaryl/α,β-unsaturated/α-hetero) is 1. The monoisotopic (exact) mass is 412 g/mol. The molecule has 0 bridgehead atoms. The quantitative estimate of drug-likeness (QED) is 0.303.